The van der Waals surface area contributed by atoms with Gasteiger partial charge in [-0.2, -0.15) is 0 Å². The Morgan fingerprint density at radius 1 is 1.17 bits per heavy atom. The zero-order valence-corrected chi connectivity index (χ0v) is 17.9. The van der Waals surface area contributed by atoms with Crippen molar-refractivity contribution in [2.45, 2.75) is 19.8 Å². The molecule has 3 N–H and O–H groups in total. The Morgan fingerprint density at radius 3 is 2.80 bits per heavy atom. The van der Waals surface area contributed by atoms with E-state index in [0.717, 1.165) is 35.4 Å². The normalized spacial score (nSPS) is 15.6. The van der Waals surface area contributed by atoms with Gasteiger partial charge < -0.3 is 10.6 Å². The van der Waals surface area contributed by atoms with E-state index in [1.807, 2.05) is 17.6 Å². The Kier molecular flexibility index (Phi) is 6.25. The number of hydrogen-bond acceptors (Lipinski definition) is 6. The molecule has 3 aromatic rings. The predicted octanol–water partition coefficient (Wildman–Crippen LogP) is 5.29. The summed E-state index contributed by atoms with van der Waals surface area (Å²) in [6, 6.07) is 8.63. The molecule has 0 fully saturated rings. The standard InChI is InChI=1S/C21H21ClN6OS/c1-2-16-13(7-9-23-20-18-17(8-10-30-18)25-12-26-20)11-24-19(16)28-21(29)27-15-5-3-14(22)4-6-15/h3-6,8,10-12,16H,2,7,9H2,1H3,(H,23,25,26)(H2,24,27,28,29). The quantitative estimate of drug-likeness (QED) is 0.485. The Balaban J connectivity index is 1.30. The second-order valence-corrected chi connectivity index (χ2v) is 8.15. The van der Waals surface area contributed by atoms with Crippen molar-refractivity contribution in [3.63, 3.8) is 0 Å². The van der Waals surface area contributed by atoms with Crippen LogP contribution in [0.4, 0.5) is 16.3 Å². The van der Waals surface area contributed by atoms with Gasteiger partial charge in [-0.1, -0.05) is 18.5 Å². The molecule has 1 atom stereocenters. The van der Waals surface area contributed by atoms with E-state index in [0.29, 0.717) is 16.5 Å². The van der Waals surface area contributed by atoms with Crippen LogP contribution in [0.5, 0.6) is 0 Å². The van der Waals surface area contributed by atoms with Crippen LogP contribution in [-0.2, 0) is 0 Å². The average Bonchev–Trinajstić information content (AvgIpc) is 3.37. The number of nitrogens with one attached hydrogen (secondary N) is 3. The predicted molar refractivity (Wildman–Crippen MR) is 123 cm³/mol. The van der Waals surface area contributed by atoms with Crippen LogP contribution in [0.2, 0.25) is 5.02 Å². The number of carbonyl (C=O) groups excluding carboxylic acids is 1. The van der Waals surface area contributed by atoms with Gasteiger partial charge in [0.05, 0.1) is 10.2 Å². The molecule has 1 aromatic carbocycles. The number of anilines is 2. The molecule has 1 unspecified atom stereocenters. The SMILES string of the molecule is CCC1C(CCNc2ncnc3ccsc23)=CN=C1NC(=O)Nc1ccc(Cl)cc1. The Morgan fingerprint density at radius 2 is 2.00 bits per heavy atom. The first-order chi connectivity index (χ1) is 14.6. The van der Waals surface area contributed by atoms with Gasteiger partial charge in [0.1, 0.15) is 18.0 Å². The lowest BCUT2D eigenvalue weighted by molar-refractivity contribution is 0.256. The fourth-order valence-corrected chi connectivity index (χ4v) is 4.31. The van der Waals surface area contributed by atoms with E-state index in [4.69, 9.17) is 11.6 Å². The molecule has 1 aliphatic rings. The summed E-state index contributed by atoms with van der Waals surface area (Å²) in [5.74, 6) is 1.61. The molecule has 3 heterocycles. The number of hydrogen-bond donors (Lipinski definition) is 3. The van der Waals surface area contributed by atoms with E-state index in [1.54, 1.807) is 41.9 Å². The summed E-state index contributed by atoms with van der Waals surface area (Å²) < 4.78 is 1.06. The van der Waals surface area contributed by atoms with E-state index in [9.17, 15) is 4.79 Å². The highest BCUT2D eigenvalue weighted by atomic mass is 35.5. The van der Waals surface area contributed by atoms with Crippen LogP contribution in [-0.4, -0.2) is 28.4 Å². The number of aliphatic imine (C=N–C) groups is 1. The number of carbonyl (C=O) groups is 1. The lowest BCUT2D eigenvalue weighted by Crippen LogP contribution is -2.37. The average molecular weight is 441 g/mol. The minimum atomic E-state index is -0.316. The summed E-state index contributed by atoms with van der Waals surface area (Å²) in [7, 11) is 0. The molecule has 7 nitrogen and oxygen atoms in total. The lowest BCUT2D eigenvalue weighted by Gasteiger charge is -2.17. The molecule has 30 heavy (non-hydrogen) atoms. The summed E-state index contributed by atoms with van der Waals surface area (Å²) in [5.41, 5.74) is 2.81. The molecule has 2 aromatic heterocycles. The van der Waals surface area contributed by atoms with Crippen molar-refractivity contribution in [1.82, 2.24) is 15.3 Å². The summed E-state index contributed by atoms with van der Waals surface area (Å²) in [5, 5.41) is 11.7. The second-order valence-electron chi connectivity index (χ2n) is 6.80. The second kappa shape index (κ2) is 9.23. The molecular formula is C21H21ClN6OS. The van der Waals surface area contributed by atoms with E-state index < -0.39 is 0 Å². The third-order valence-corrected chi connectivity index (χ3v) is 6.01. The maximum absolute atomic E-state index is 12.3. The highest BCUT2D eigenvalue weighted by Gasteiger charge is 2.24. The van der Waals surface area contributed by atoms with E-state index in [2.05, 4.69) is 37.8 Å². The highest BCUT2D eigenvalue weighted by molar-refractivity contribution is 7.17. The number of rotatable bonds is 6. The molecule has 0 bridgehead atoms. The number of thiophene rings is 1. The number of fused-ring (bicyclic) bond motifs is 1. The molecule has 0 aliphatic carbocycles. The van der Waals surface area contributed by atoms with Crippen LogP contribution < -0.4 is 16.0 Å². The van der Waals surface area contributed by atoms with Crippen LogP contribution in [0.15, 0.2) is 58.8 Å². The van der Waals surface area contributed by atoms with Crippen LogP contribution in [0.3, 0.4) is 0 Å². The van der Waals surface area contributed by atoms with Gasteiger partial charge in [-0.15, -0.1) is 11.3 Å². The van der Waals surface area contributed by atoms with Gasteiger partial charge >= 0.3 is 6.03 Å². The summed E-state index contributed by atoms with van der Waals surface area (Å²) in [6.07, 6.45) is 5.09. The summed E-state index contributed by atoms with van der Waals surface area (Å²) in [4.78, 5) is 25.4. The van der Waals surface area contributed by atoms with Crippen LogP contribution in [0, 0.1) is 5.92 Å². The van der Waals surface area contributed by atoms with E-state index in [-0.39, 0.29) is 11.9 Å². The molecule has 1 aliphatic heterocycles. The molecule has 154 valence electrons. The highest BCUT2D eigenvalue weighted by Crippen LogP contribution is 2.27. The number of amidine groups is 1. The van der Waals surface area contributed by atoms with Crippen molar-refractivity contribution in [2.24, 2.45) is 10.9 Å². The number of amides is 2. The van der Waals surface area contributed by atoms with Crippen LogP contribution >= 0.6 is 22.9 Å². The van der Waals surface area contributed by atoms with Crippen LogP contribution in [0.25, 0.3) is 10.2 Å². The fourth-order valence-electron chi connectivity index (χ4n) is 3.37. The largest absolute Gasteiger partial charge is 0.368 e. The van der Waals surface area contributed by atoms with E-state index in [1.165, 1.54) is 5.57 Å². The zero-order chi connectivity index (χ0) is 20.9. The van der Waals surface area contributed by atoms with Crippen molar-refractivity contribution in [2.75, 3.05) is 17.2 Å². The first-order valence-electron chi connectivity index (χ1n) is 9.66. The van der Waals surface area contributed by atoms with Gasteiger partial charge in [0.2, 0.25) is 0 Å². The van der Waals surface area contributed by atoms with Crippen molar-refractivity contribution in [1.29, 1.82) is 0 Å². The maximum atomic E-state index is 12.3. The molecule has 0 saturated heterocycles. The van der Waals surface area contributed by atoms with Gasteiger partial charge in [0, 0.05) is 29.4 Å². The molecule has 0 saturated carbocycles. The molecule has 0 radical (unpaired) electrons. The molecule has 4 rings (SSSR count). The Hall–Kier alpha value is -2.97. The number of halogens is 1. The zero-order valence-electron chi connectivity index (χ0n) is 16.4. The van der Waals surface area contributed by atoms with Gasteiger partial charge in [-0.05, 0) is 54.1 Å². The van der Waals surface area contributed by atoms with Crippen LogP contribution in [0.1, 0.15) is 19.8 Å². The van der Waals surface area contributed by atoms with E-state index >= 15 is 0 Å². The molecular weight excluding hydrogens is 420 g/mol. The third-order valence-electron chi connectivity index (χ3n) is 4.85. The molecule has 9 heteroatoms. The smallest absolute Gasteiger partial charge is 0.324 e. The first-order valence-corrected chi connectivity index (χ1v) is 10.9. The molecule has 2 amide bonds. The fraction of sp³-hybridized carbons (Fsp3) is 0.238. The van der Waals surface area contributed by atoms with Gasteiger partial charge in [-0.25, -0.2) is 19.8 Å². The number of nitrogens with zero attached hydrogens (tertiary/aromatic N) is 3. The van der Waals surface area contributed by atoms with Gasteiger partial charge in [0.15, 0.2) is 0 Å². The van der Waals surface area contributed by atoms with Crippen molar-refractivity contribution in [3.8, 4) is 0 Å². The summed E-state index contributed by atoms with van der Waals surface area (Å²) >= 11 is 7.50. The van der Waals surface area contributed by atoms with Crippen molar-refractivity contribution in [3.05, 3.63) is 58.8 Å². The van der Waals surface area contributed by atoms with Gasteiger partial charge in [0.25, 0.3) is 0 Å². The maximum Gasteiger partial charge on any atom is 0.324 e. The van der Waals surface area contributed by atoms with Crippen molar-refractivity contribution < 1.29 is 4.79 Å². The minimum absolute atomic E-state index is 0.0925. The van der Waals surface area contributed by atoms with Crippen molar-refractivity contribution >= 4 is 56.5 Å². The first kappa shape index (κ1) is 20.3. The lowest BCUT2D eigenvalue weighted by atomic mass is 9.95. The Labute approximate surface area is 183 Å². The Bertz CT molecular complexity index is 1110. The number of urea groups is 1. The monoisotopic (exact) mass is 440 g/mol. The number of aromatic nitrogens is 2. The topological polar surface area (TPSA) is 91.3 Å². The third kappa shape index (κ3) is 4.60. The summed E-state index contributed by atoms with van der Waals surface area (Å²) in [6.45, 7) is 2.82. The van der Waals surface area contributed by atoms with Gasteiger partial charge in [-0.3, -0.25) is 5.32 Å². The molecule has 0 spiro atoms. The number of benzene rings is 1. The minimum Gasteiger partial charge on any atom is -0.368 e.